The summed E-state index contributed by atoms with van der Waals surface area (Å²) >= 11 is 0. The molecule has 0 saturated heterocycles. The fourth-order valence-corrected chi connectivity index (χ4v) is 5.29. The Morgan fingerprint density at radius 1 is 0.950 bits per heavy atom. The molecule has 10 heteroatoms. The highest BCUT2D eigenvalue weighted by molar-refractivity contribution is 5.96. The van der Waals surface area contributed by atoms with E-state index >= 15 is 0 Å². The molecule has 204 valence electrons. The average molecular weight is 548 g/mol. The third-order valence-electron chi connectivity index (χ3n) is 7.22. The molecule has 3 heterocycles. The molecule has 7 nitrogen and oxygen atoms in total. The smallest absolute Gasteiger partial charge is 0.277 e. The minimum atomic E-state index is -1.08. The van der Waals surface area contributed by atoms with Crippen molar-refractivity contribution in [1.82, 2.24) is 9.58 Å². The summed E-state index contributed by atoms with van der Waals surface area (Å²) in [6.45, 7) is 0.149. The molecule has 4 aromatic rings. The van der Waals surface area contributed by atoms with Crippen molar-refractivity contribution in [3.8, 4) is 11.5 Å². The van der Waals surface area contributed by atoms with Gasteiger partial charge in [-0.1, -0.05) is 42.5 Å². The second kappa shape index (κ2) is 10.1. The number of benzene rings is 3. The quantitative estimate of drug-likeness (QED) is 0.369. The minimum Gasteiger partial charge on any atom is -0.493 e. The minimum absolute atomic E-state index is 0.0140. The maximum absolute atomic E-state index is 14.7. The Morgan fingerprint density at radius 2 is 1.68 bits per heavy atom. The summed E-state index contributed by atoms with van der Waals surface area (Å²) in [4.78, 5) is 28.2. The lowest BCUT2D eigenvalue weighted by Gasteiger charge is -2.50. The van der Waals surface area contributed by atoms with Crippen LogP contribution in [0, 0.1) is 17.5 Å². The van der Waals surface area contributed by atoms with Gasteiger partial charge in [0, 0.05) is 37.4 Å². The summed E-state index contributed by atoms with van der Waals surface area (Å²) in [6, 6.07) is 17.3. The Hall–Kier alpha value is -4.73. The third-order valence-corrected chi connectivity index (χ3v) is 7.22. The summed E-state index contributed by atoms with van der Waals surface area (Å²) in [6.07, 6.45) is 1.13. The highest BCUT2D eigenvalue weighted by Gasteiger charge is 2.43. The van der Waals surface area contributed by atoms with E-state index in [-0.39, 0.29) is 36.0 Å². The van der Waals surface area contributed by atoms with E-state index in [9.17, 15) is 22.8 Å². The summed E-state index contributed by atoms with van der Waals surface area (Å²) in [5.74, 6) is -3.09. The molecular formula is C30H24F3N3O4. The van der Waals surface area contributed by atoms with Crippen molar-refractivity contribution in [3.63, 3.8) is 0 Å². The van der Waals surface area contributed by atoms with Crippen molar-refractivity contribution < 1.29 is 27.4 Å². The predicted molar refractivity (Wildman–Crippen MR) is 140 cm³/mol. The molecule has 1 unspecified atom stereocenters. The molecule has 2 aliphatic rings. The number of carbonyl (C=O) groups excluding carboxylic acids is 1. The lowest BCUT2D eigenvalue weighted by molar-refractivity contribution is 0.0569. The van der Waals surface area contributed by atoms with Gasteiger partial charge < -0.3 is 14.4 Å². The Bertz CT molecular complexity index is 1640. The number of nitrogens with zero attached hydrogens (tertiary/aromatic N) is 3. The van der Waals surface area contributed by atoms with Gasteiger partial charge in [-0.25, -0.2) is 13.2 Å². The number of rotatable bonds is 4. The SMILES string of the molecule is CN1C(=O)c2c(OCc3ccccc3)c(=O)ccn2N2C(c3ccc(F)cc3)c3cc(F)c(F)cc3OCC[C@@H]12. The number of pyridine rings is 1. The number of hydrogen-bond donors (Lipinski definition) is 0. The highest BCUT2D eigenvalue weighted by atomic mass is 19.2. The molecule has 0 fully saturated rings. The zero-order valence-electron chi connectivity index (χ0n) is 21.4. The van der Waals surface area contributed by atoms with E-state index in [0.29, 0.717) is 12.0 Å². The van der Waals surface area contributed by atoms with Gasteiger partial charge in [0.1, 0.15) is 30.4 Å². The van der Waals surface area contributed by atoms with Gasteiger partial charge in [0.25, 0.3) is 5.91 Å². The Kier molecular flexibility index (Phi) is 6.45. The summed E-state index contributed by atoms with van der Waals surface area (Å²) in [5.41, 5.74) is 1.11. The molecular weight excluding hydrogens is 523 g/mol. The van der Waals surface area contributed by atoms with Crippen LogP contribution in [0.25, 0.3) is 0 Å². The fraction of sp³-hybridized carbons (Fsp3) is 0.200. The molecule has 0 aliphatic carbocycles. The first-order valence-electron chi connectivity index (χ1n) is 12.7. The lowest BCUT2D eigenvalue weighted by atomic mass is 9.94. The Balaban J connectivity index is 1.57. The van der Waals surface area contributed by atoms with Gasteiger partial charge in [-0.2, -0.15) is 0 Å². The van der Waals surface area contributed by atoms with Crippen molar-refractivity contribution >= 4 is 5.91 Å². The molecule has 0 saturated carbocycles. The van der Waals surface area contributed by atoms with E-state index < -0.39 is 41.0 Å². The van der Waals surface area contributed by atoms with Crippen molar-refractivity contribution in [3.05, 3.63) is 129 Å². The van der Waals surface area contributed by atoms with Crippen LogP contribution in [0.3, 0.4) is 0 Å². The number of hydrogen-bond acceptors (Lipinski definition) is 5. The maximum atomic E-state index is 14.7. The molecule has 0 bridgehead atoms. The molecule has 2 aliphatic heterocycles. The first kappa shape index (κ1) is 25.5. The molecule has 0 spiro atoms. The fourth-order valence-electron chi connectivity index (χ4n) is 5.29. The first-order valence-corrected chi connectivity index (χ1v) is 12.7. The largest absolute Gasteiger partial charge is 0.493 e. The number of ether oxygens (including phenoxy) is 2. The summed E-state index contributed by atoms with van der Waals surface area (Å²) in [5, 5.41) is 1.79. The van der Waals surface area contributed by atoms with Crippen LogP contribution in [0.1, 0.15) is 39.6 Å². The monoisotopic (exact) mass is 547 g/mol. The van der Waals surface area contributed by atoms with E-state index in [0.717, 1.165) is 17.7 Å². The van der Waals surface area contributed by atoms with Crippen LogP contribution < -0.4 is 19.9 Å². The Morgan fingerprint density at radius 3 is 2.42 bits per heavy atom. The van der Waals surface area contributed by atoms with Gasteiger partial charge in [0.2, 0.25) is 5.43 Å². The van der Waals surface area contributed by atoms with E-state index in [1.807, 2.05) is 30.3 Å². The van der Waals surface area contributed by atoms with Crippen molar-refractivity contribution in [2.75, 3.05) is 18.7 Å². The van der Waals surface area contributed by atoms with Crippen LogP contribution in [0.4, 0.5) is 13.2 Å². The normalized spacial score (nSPS) is 18.1. The molecule has 1 aromatic heterocycles. The van der Waals surface area contributed by atoms with E-state index in [2.05, 4.69) is 0 Å². The van der Waals surface area contributed by atoms with E-state index in [1.165, 1.54) is 46.1 Å². The lowest BCUT2D eigenvalue weighted by Crippen LogP contribution is -2.62. The average Bonchev–Trinajstić information content (AvgIpc) is 2.95. The first-order chi connectivity index (χ1) is 19.3. The number of amides is 1. The van der Waals surface area contributed by atoms with Gasteiger partial charge in [-0.15, -0.1) is 0 Å². The number of carbonyl (C=O) groups is 1. The molecule has 3 aromatic carbocycles. The molecule has 1 amide bonds. The number of aromatic nitrogens is 1. The second-order valence-electron chi connectivity index (χ2n) is 9.65. The zero-order chi connectivity index (χ0) is 28.0. The second-order valence-corrected chi connectivity index (χ2v) is 9.65. The van der Waals surface area contributed by atoms with Crippen LogP contribution in [0.2, 0.25) is 0 Å². The standard InChI is InChI=1S/C30H24F3N3O4/c1-34-26-12-14-39-25-16-23(33)22(32)15-21(25)27(19-7-9-20(31)10-8-19)36(26)35-13-11-24(37)29(28(35)30(34)38)40-17-18-5-3-2-4-6-18/h2-11,13,15-16,26-27H,12,14,17H2,1H3/t26-,27?/m0/s1. The van der Waals surface area contributed by atoms with Gasteiger partial charge in [0.05, 0.1) is 6.61 Å². The van der Waals surface area contributed by atoms with Crippen molar-refractivity contribution in [2.45, 2.75) is 25.2 Å². The van der Waals surface area contributed by atoms with Crippen LogP contribution in [-0.4, -0.2) is 35.3 Å². The molecule has 2 atom stereocenters. The predicted octanol–water partition coefficient (Wildman–Crippen LogP) is 4.77. The number of halogens is 3. The molecule has 6 rings (SSSR count). The van der Waals surface area contributed by atoms with Crippen LogP contribution >= 0.6 is 0 Å². The van der Waals surface area contributed by atoms with Crippen molar-refractivity contribution in [2.24, 2.45) is 0 Å². The molecule has 40 heavy (non-hydrogen) atoms. The van der Waals surface area contributed by atoms with Gasteiger partial charge in [-0.05, 0) is 29.3 Å². The van der Waals surface area contributed by atoms with Gasteiger partial charge in [0.15, 0.2) is 23.1 Å². The maximum Gasteiger partial charge on any atom is 0.277 e. The Labute approximate surface area is 227 Å². The van der Waals surface area contributed by atoms with Gasteiger partial charge in [-0.3, -0.25) is 19.3 Å². The van der Waals surface area contributed by atoms with Crippen LogP contribution in [0.5, 0.6) is 11.5 Å². The third kappa shape index (κ3) is 4.35. The van der Waals surface area contributed by atoms with Crippen LogP contribution in [0.15, 0.2) is 83.8 Å². The topological polar surface area (TPSA) is 64.0 Å². The molecule has 0 radical (unpaired) electrons. The van der Waals surface area contributed by atoms with E-state index in [1.54, 1.807) is 12.1 Å². The zero-order valence-corrected chi connectivity index (χ0v) is 21.4. The summed E-state index contributed by atoms with van der Waals surface area (Å²) < 4.78 is 56.3. The van der Waals surface area contributed by atoms with Crippen molar-refractivity contribution in [1.29, 1.82) is 0 Å². The summed E-state index contributed by atoms with van der Waals surface area (Å²) in [7, 11) is 1.59. The number of fused-ring (bicyclic) bond motifs is 4. The van der Waals surface area contributed by atoms with E-state index in [4.69, 9.17) is 9.47 Å². The van der Waals surface area contributed by atoms with Gasteiger partial charge >= 0.3 is 0 Å². The molecule has 0 N–H and O–H groups in total. The van der Waals surface area contributed by atoms with Crippen LogP contribution in [-0.2, 0) is 6.61 Å². The highest BCUT2D eigenvalue weighted by Crippen LogP contribution is 2.41.